The predicted molar refractivity (Wildman–Crippen MR) is 102 cm³/mol. The summed E-state index contributed by atoms with van der Waals surface area (Å²) < 4.78 is 16.5. The summed E-state index contributed by atoms with van der Waals surface area (Å²) in [6.07, 6.45) is 3.13. The van der Waals surface area contributed by atoms with Crippen LogP contribution < -0.4 is 9.47 Å². The molecule has 0 spiro atoms. The van der Waals surface area contributed by atoms with Crippen LogP contribution in [-0.2, 0) is 4.74 Å². The van der Waals surface area contributed by atoms with Gasteiger partial charge in [0.15, 0.2) is 5.75 Å². The van der Waals surface area contributed by atoms with E-state index < -0.39 is 0 Å². The Labute approximate surface area is 167 Å². The lowest BCUT2D eigenvalue weighted by atomic mass is 10.3. The molecule has 0 N–H and O–H groups in total. The fourth-order valence-corrected chi connectivity index (χ4v) is 2.40. The molecule has 1 aromatic rings. The molecule has 0 aliphatic heterocycles. The minimum Gasteiger partial charge on any atom is -0.490 e. The molecule has 0 aromatic heterocycles. The highest BCUT2D eigenvalue weighted by atomic mass is 35.5. The average molecular weight is 435 g/mol. The second-order valence-corrected chi connectivity index (χ2v) is 7.00. The summed E-state index contributed by atoms with van der Waals surface area (Å²) in [7, 11) is 0. The third-order valence-electron chi connectivity index (χ3n) is 2.65. The zero-order valence-electron chi connectivity index (χ0n) is 12.8. The molecule has 0 amide bonds. The number of rotatable bonds is 11. The van der Waals surface area contributed by atoms with Gasteiger partial charge in [-0.25, -0.2) is 0 Å². The fraction of sp³-hybridized carbons (Fsp3) is 0.375. The summed E-state index contributed by atoms with van der Waals surface area (Å²) in [5.41, 5.74) is 0. The third kappa shape index (κ3) is 9.26. The number of ether oxygens (including phenoxy) is 3. The van der Waals surface area contributed by atoms with Crippen molar-refractivity contribution in [2.24, 2.45) is 0 Å². The van der Waals surface area contributed by atoms with Gasteiger partial charge in [-0.15, -0.1) is 0 Å². The van der Waals surface area contributed by atoms with Gasteiger partial charge >= 0.3 is 0 Å². The van der Waals surface area contributed by atoms with Gasteiger partial charge in [-0.3, -0.25) is 0 Å². The molecule has 0 aliphatic rings. The highest BCUT2D eigenvalue weighted by Gasteiger charge is 2.10. The lowest BCUT2D eigenvalue weighted by Crippen LogP contribution is -2.03. The first kappa shape index (κ1) is 21.8. The molecule has 0 radical (unpaired) electrons. The Balaban J connectivity index is 2.40. The number of hydrogen-bond acceptors (Lipinski definition) is 3. The molecule has 0 fully saturated rings. The Hall–Kier alpha value is -0.290. The van der Waals surface area contributed by atoms with E-state index in [0.29, 0.717) is 46.4 Å². The molecule has 3 nitrogen and oxygen atoms in total. The molecule has 0 aliphatic carbocycles. The van der Waals surface area contributed by atoms with Crippen LogP contribution in [0.3, 0.4) is 0 Å². The Morgan fingerprint density at radius 1 is 1.00 bits per heavy atom. The van der Waals surface area contributed by atoms with Crippen LogP contribution in [0.5, 0.6) is 11.5 Å². The van der Waals surface area contributed by atoms with Crippen molar-refractivity contribution in [3.8, 4) is 11.5 Å². The van der Waals surface area contributed by atoms with E-state index in [1.807, 2.05) is 0 Å². The molecule has 0 unspecified atom stereocenters. The second-order valence-electron chi connectivity index (χ2n) is 4.65. The maximum Gasteiger partial charge on any atom is 0.156 e. The van der Waals surface area contributed by atoms with Gasteiger partial charge in [-0.1, -0.05) is 64.6 Å². The van der Waals surface area contributed by atoms with Gasteiger partial charge in [-0.2, -0.15) is 0 Å². The van der Waals surface area contributed by atoms with Gasteiger partial charge in [0.25, 0.3) is 0 Å². The van der Waals surface area contributed by atoms with Crippen LogP contribution in [0, 0.1) is 0 Å². The van der Waals surface area contributed by atoms with Crippen molar-refractivity contribution in [2.75, 3.05) is 26.4 Å². The summed E-state index contributed by atoms with van der Waals surface area (Å²) >= 11 is 28.9. The standard InChI is InChI=1S/C16H17Cl5O3/c1-11(17)10-22-5-2-3-6-24-16-13(18)8-12(9-14(16)19)23-7-4-15(20)21/h4,8-9H,1-3,5-7,10H2. The normalized spacial score (nSPS) is 10.4. The Morgan fingerprint density at radius 2 is 1.62 bits per heavy atom. The summed E-state index contributed by atoms with van der Waals surface area (Å²) in [6, 6.07) is 3.24. The SMILES string of the molecule is C=C(Cl)COCCCCOc1c(Cl)cc(OCC=C(Cl)Cl)cc1Cl. The van der Waals surface area contributed by atoms with E-state index >= 15 is 0 Å². The van der Waals surface area contributed by atoms with E-state index in [1.165, 1.54) is 6.08 Å². The first-order valence-electron chi connectivity index (χ1n) is 7.07. The van der Waals surface area contributed by atoms with Gasteiger partial charge in [0.1, 0.15) is 16.8 Å². The van der Waals surface area contributed by atoms with Crippen molar-refractivity contribution in [3.63, 3.8) is 0 Å². The zero-order chi connectivity index (χ0) is 17.9. The third-order valence-corrected chi connectivity index (χ3v) is 3.63. The first-order chi connectivity index (χ1) is 11.4. The molecule has 0 heterocycles. The number of unbranched alkanes of at least 4 members (excludes halogenated alkanes) is 1. The number of halogens is 5. The summed E-state index contributed by atoms with van der Waals surface area (Å²) in [5.74, 6) is 0.921. The van der Waals surface area contributed by atoms with Gasteiger partial charge in [0.2, 0.25) is 0 Å². The summed E-state index contributed by atoms with van der Waals surface area (Å²) in [4.78, 5) is 0. The maximum atomic E-state index is 6.17. The van der Waals surface area contributed by atoms with Gasteiger partial charge in [0.05, 0.1) is 23.3 Å². The van der Waals surface area contributed by atoms with E-state index in [4.69, 9.17) is 72.2 Å². The maximum absolute atomic E-state index is 6.17. The van der Waals surface area contributed by atoms with Crippen LogP contribution in [0.15, 0.2) is 34.3 Å². The molecule has 0 saturated heterocycles. The van der Waals surface area contributed by atoms with Crippen LogP contribution in [0.1, 0.15) is 12.8 Å². The minimum absolute atomic E-state index is 0.131. The molecule has 0 saturated carbocycles. The van der Waals surface area contributed by atoms with E-state index in [0.717, 1.165) is 12.8 Å². The average Bonchev–Trinajstić information content (AvgIpc) is 2.47. The molecule has 8 heteroatoms. The Bertz CT molecular complexity index is 548. The molecule has 1 aromatic carbocycles. The molecule has 0 bridgehead atoms. The van der Waals surface area contributed by atoms with Crippen LogP contribution in [0.25, 0.3) is 0 Å². The largest absolute Gasteiger partial charge is 0.490 e. The molecular formula is C16H17Cl5O3. The van der Waals surface area contributed by atoms with Crippen molar-refractivity contribution < 1.29 is 14.2 Å². The van der Waals surface area contributed by atoms with E-state index in [2.05, 4.69) is 6.58 Å². The van der Waals surface area contributed by atoms with Crippen LogP contribution >= 0.6 is 58.0 Å². The van der Waals surface area contributed by atoms with Gasteiger partial charge in [-0.05, 0) is 18.9 Å². The molecule has 134 valence electrons. The molecular weight excluding hydrogens is 417 g/mol. The van der Waals surface area contributed by atoms with Gasteiger partial charge < -0.3 is 14.2 Å². The lowest BCUT2D eigenvalue weighted by molar-refractivity contribution is 0.150. The molecule has 24 heavy (non-hydrogen) atoms. The topological polar surface area (TPSA) is 27.7 Å². The van der Waals surface area contributed by atoms with Crippen LogP contribution in [0.4, 0.5) is 0 Å². The van der Waals surface area contributed by atoms with Crippen LogP contribution in [0.2, 0.25) is 10.0 Å². The predicted octanol–water partition coefficient (Wildman–Crippen LogP) is 6.62. The monoisotopic (exact) mass is 432 g/mol. The second kappa shape index (κ2) is 12.1. The smallest absolute Gasteiger partial charge is 0.156 e. The van der Waals surface area contributed by atoms with Gasteiger partial charge in [0, 0.05) is 23.8 Å². The summed E-state index contributed by atoms with van der Waals surface area (Å²) in [5, 5.41) is 1.22. The lowest BCUT2D eigenvalue weighted by Gasteiger charge is -2.12. The molecule has 1 rings (SSSR count). The Kier molecular flexibility index (Phi) is 11.0. The van der Waals surface area contributed by atoms with Crippen molar-refractivity contribution in [2.45, 2.75) is 12.8 Å². The highest BCUT2D eigenvalue weighted by molar-refractivity contribution is 6.55. The van der Waals surface area contributed by atoms with E-state index in [9.17, 15) is 0 Å². The van der Waals surface area contributed by atoms with E-state index in [-0.39, 0.29) is 11.1 Å². The first-order valence-corrected chi connectivity index (χ1v) is 8.96. The minimum atomic E-state index is 0.131. The van der Waals surface area contributed by atoms with Crippen LogP contribution in [-0.4, -0.2) is 26.4 Å². The van der Waals surface area contributed by atoms with E-state index in [1.54, 1.807) is 12.1 Å². The highest BCUT2D eigenvalue weighted by Crippen LogP contribution is 2.37. The quantitative estimate of drug-likeness (QED) is 0.366. The van der Waals surface area contributed by atoms with Crippen molar-refractivity contribution in [3.05, 3.63) is 44.4 Å². The fourth-order valence-electron chi connectivity index (χ4n) is 1.62. The van der Waals surface area contributed by atoms with Crippen molar-refractivity contribution >= 4 is 58.0 Å². The zero-order valence-corrected chi connectivity index (χ0v) is 16.6. The number of benzene rings is 1. The number of hydrogen-bond donors (Lipinski definition) is 0. The van der Waals surface area contributed by atoms with Crippen molar-refractivity contribution in [1.29, 1.82) is 0 Å². The molecule has 0 atom stereocenters. The van der Waals surface area contributed by atoms with Crippen molar-refractivity contribution in [1.82, 2.24) is 0 Å². The Morgan fingerprint density at radius 3 is 2.21 bits per heavy atom. The summed E-state index contributed by atoms with van der Waals surface area (Å²) in [6.45, 7) is 5.16.